The molecule has 0 unspecified atom stereocenters. The Balaban J connectivity index is 1.32. The summed E-state index contributed by atoms with van der Waals surface area (Å²) < 4.78 is 6.77. The van der Waals surface area contributed by atoms with Gasteiger partial charge >= 0.3 is 0 Å². The van der Waals surface area contributed by atoms with Crippen molar-refractivity contribution in [1.29, 1.82) is 0 Å². The van der Waals surface area contributed by atoms with Gasteiger partial charge in [-0.3, -0.25) is 14.5 Å². The van der Waals surface area contributed by atoms with Crippen LogP contribution >= 0.6 is 23.1 Å². The van der Waals surface area contributed by atoms with Crippen LogP contribution in [0.5, 0.6) is 0 Å². The number of oxime groups is 1. The number of carbonyl (C=O) groups is 3. The summed E-state index contributed by atoms with van der Waals surface area (Å²) in [6, 6.07) is 2.59. The van der Waals surface area contributed by atoms with Crippen LogP contribution in [0.1, 0.15) is 11.6 Å². The highest BCUT2D eigenvalue weighted by atomic mass is 32.2. The third-order valence-corrected chi connectivity index (χ3v) is 7.75. The number of aryl methyl sites for hydroxylation is 1. The number of thioether (sulfide) groups is 1. The van der Waals surface area contributed by atoms with Crippen LogP contribution in [0.4, 0.5) is 5.13 Å². The molecular weight excluding hydrogens is 536 g/mol. The second-order valence-electron chi connectivity index (χ2n) is 8.19. The second kappa shape index (κ2) is 10.2. The second-order valence-corrected chi connectivity index (χ2v) is 10.2. The lowest BCUT2D eigenvalue weighted by molar-refractivity contribution is -0.689. The Morgan fingerprint density at radius 2 is 2.13 bits per heavy atom. The molecule has 0 bridgehead atoms. The highest BCUT2D eigenvalue weighted by molar-refractivity contribution is 8.00. The maximum atomic E-state index is 13.0. The number of carboxylic acid groups (broad SMARTS) is 1. The van der Waals surface area contributed by atoms with E-state index in [9.17, 15) is 19.5 Å². The molecular formula is C22H20N8O6S2. The van der Waals surface area contributed by atoms with Crippen molar-refractivity contribution in [2.24, 2.45) is 5.16 Å². The monoisotopic (exact) mass is 556 g/mol. The van der Waals surface area contributed by atoms with Gasteiger partial charge in [0.2, 0.25) is 11.7 Å². The summed E-state index contributed by atoms with van der Waals surface area (Å²) in [6.45, 7) is 1.91. The molecule has 5 rings (SSSR count). The average molecular weight is 557 g/mol. The summed E-state index contributed by atoms with van der Waals surface area (Å²) in [5.41, 5.74) is 6.72. The number of rotatable bonds is 8. The zero-order valence-electron chi connectivity index (χ0n) is 20.0. The smallest absolute Gasteiger partial charge is 0.276 e. The molecule has 1 fully saturated rings. The van der Waals surface area contributed by atoms with Crippen LogP contribution in [0, 0.1) is 6.92 Å². The zero-order chi connectivity index (χ0) is 27.0. The molecule has 16 heteroatoms. The fourth-order valence-electron chi connectivity index (χ4n) is 4.04. The number of carbonyl (C=O) groups excluding carboxylic acids is 3. The topological polar surface area (TPSA) is 193 Å². The lowest BCUT2D eigenvalue weighted by Crippen LogP contribution is -2.71. The van der Waals surface area contributed by atoms with Gasteiger partial charge in [0.25, 0.3) is 11.8 Å². The number of aromatic nitrogens is 4. The van der Waals surface area contributed by atoms with Gasteiger partial charge in [-0.15, -0.1) is 23.1 Å². The van der Waals surface area contributed by atoms with Crippen molar-refractivity contribution in [3.63, 3.8) is 0 Å². The van der Waals surface area contributed by atoms with Gasteiger partial charge in [0.15, 0.2) is 29.8 Å². The van der Waals surface area contributed by atoms with E-state index >= 15 is 0 Å². The molecule has 3 aromatic heterocycles. The number of anilines is 1. The predicted molar refractivity (Wildman–Crippen MR) is 132 cm³/mol. The van der Waals surface area contributed by atoms with Crippen LogP contribution < -0.4 is 20.7 Å². The van der Waals surface area contributed by atoms with Gasteiger partial charge in [-0.1, -0.05) is 10.3 Å². The number of nitrogen functional groups attached to an aromatic ring is 1. The van der Waals surface area contributed by atoms with Gasteiger partial charge in [0, 0.05) is 41.3 Å². The van der Waals surface area contributed by atoms with E-state index in [4.69, 9.17) is 15.1 Å². The number of hydrogen-bond donors (Lipinski definition) is 2. The maximum Gasteiger partial charge on any atom is 0.276 e. The number of nitrogens with one attached hydrogen (secondary N) is 1. The molecule has 1 saturated heterocycles. The van der Waals surface area contributed by atoms with E-state index in [1.54, 1.807) is 36.0 Å². The van der Waals surface area contributed by atoms with Crippen molar-refractivity contribution in [3.8, 4) is 11.4 Å². The molecule has 0 aliphatic carbocycles. The molecule has 0 saturated carbocycles. The summed E-state index contributed by atoms with van der Waals surface area (Å²) in [5.74, 6) is -1.55. The highest BCUT2D eigenvalue weighted by Gasteiger charge is 2.53. The van der Waals surface area contributed by atoms with Crippen molar-refractivity contribution in [1.82, 2.24) is 25.3 Å². The fourth-order valence-corrected chi connectivity index (χ4v) is 5.93. The van der Waals surface area contributed by atoms with E-state index in [-0.39, 0.29) is 28.8 Å². The molecule has 3 aromatic rings. The third-order valence-electron chi connectivity index (χ3n) is 5.74. The number of thiazole rings is 1. The highest BCUT2D eigenvalue weighted by Crippen LogP contribution is 2.40. The van der Waals surface area contributed by atoms with E-state index < -0.39 is 29.2 Å². The summed E-state index contributed by atoms with van der Waals surface area (Å²) in [6.07, 6.45) is 3.50. The number of β-lactam (4-membered cyclic amide) rings is 1. The van der Waals surface area contributed by atoms with Crippen molar-refractivity contribution in [3.05, 3.63) is 52.8 Å². The van der Waals surface area contributed by atoms with E-state index in [1.807, 2.05) is 0 Å². The molecule has 0 aromatic carbocycles. The Hall–Kier alpha value is -4.31. The number of hydrogen-bond acceptors (Lipinski definition) is 13. The molecule has 2 amide bonds. The van der Waals surface area contributed by atoms with Crippen LogP contribution in [0.3, 0.4) is 0 Å². The van der Waals surface area contributed by atoms with Crippen LogP contribution in [-0.2, 0) is 25.8 Å². The van der Waals surface area contributed by atoms with Crippen molar-refractivity contribution < 1.29 is 33.4 Å². The minimum absolute atomic E-state index is 0.153. The number of nitrogens with two attached hydrogens (primary N) is 1. The molecule has 2 atom stereocenters. The third kappa shape index (κ3) is 4.70. The lowest BCUT2D eigenvalue weighted by atomic mass is 10.0. The molecule has 0 spiro atoms. The first kappa shape index (κ1) is 25.3. The molecule has 2 aliphatic rings. The van der Waals surface area contributed by atoms with Crippen molar-refractivity contribution in [2.75, 3.05) is 18.6 Å². The number of fused-ring (bicyclic) bond motifs is 1. The van der Waals surface area contributed by atoms with Gasteiger partial charge in [0.1, 0.15) is 24.2 Å². The molecule has 3 N–H and O–H groups in total. The normalized spacial score (nSPS) is 19.2. The minimum Gasteiger partial charge on any atom is -0.543 e. The quantitative estimate of drug-likeness (QED) is 0.147. The first-order valence-corrected chi connectivity index (χ1v) is 13.0. The Kier molecular flexibility index (Phi) is 6.81. The molecule has 0 radical (unpaired) electrons. The molecule has 38 heavy (non-hydrogen) atoms. The first-order valence-electron chi connectivity index (χ1n) is 11.1. The van der Waals surface area contributed by atoms with Crippen LogP contribution in [0.2, 0.25) is 0 Å². The summed E-state index contributed by atoms with van der Waals surface area (Å²) in [5, 5.41) is 23.4. The summed E-state index contributed by atoms with van der Waals surface area (Å²) in [7, 11) is 1.27. The van der Waals surface area contributed by atoms with Gasteiger partial charge in [-0.25, -0.2) is 9.55 Å². The average Bonchev–Trinajstić information content (AvgIpc) is 3.53. The van der Waals surface area contributed by atoms with Crippen LogP contribution in [0.15, 0.2) is 50.9 Å². The number of nitrogens with zero attached hydrogens (tertiary/aromatic N) is 6. The van der Waals surface area contributed by atoms with Gasteiger partial charge in [-0.2, -0.15) is 4.98 Å². The van der Waals surface area contributed by atoms with Crippen molar-refractivity contribution in [2.45, 2.75) is 24.9 Å². The fraction of sp³-hybridized carbons (Fsp3) is 0.273. The molecule has 14 nitrogen and oxygen atoms in total. The standard InChI is InChI=1S/C22H20N8O6S2/c1-10-24-17(28-36-10)11-3-5-29(6-4-11)7-12-8-37-20-15(19(32)30(20)16(12)21(33)34)26-18(31)14(27-35-2)13-9-38-22(23)25-13/h3-6,9,15,20H,7-8H2,1-2H3,(H3-,23,25,26,31,33,34)/b27-14-/t15-,20+/m1/s1. The van der Waals surface area contributed by atoms with E-state index in [0.29, 0.717) is 23.0 Å². The Bertz CT molecular complexity index is 1480. The zero-order valence-corrected chi connectivity index (χ0v) is 21.6. The number of pyridine rings is 1. The van der Waals surface area contributed by atoms with E-state index in [0.717, 1.165) is 21.8 Å². The van der Waals surface area contributed by atoms with Crippen LogP contribution in [0.25, 0.3) is 11.4 Å². The SMILES string of the molecule is CO/N=C(\C(=O)N[C@@H]1C(=O)N2C(C(=O)[O-])=C(C[n+]3ccc(-c4noc(C)n4)cc3)CS[C@@H]12)c1csc(N)n1. The number of aliphatic carboxylic acids is 1. The van der Waals surface area contributed by atoms with Gasteiger partial charge < -0.3 is 30.3 Å². The lowest BCUT2D eigenvalue weighted by Gasteiger charge is -2.50. The summed E-state index contributed by atoms with van der Waals surface area (Å²) >= 11 is 2.45. The number of amides is 2. The van der Waals surface area contributed by atoms with E-state index in [2.05, 4.69) is 25.6 Å². The first-order chi connectivity index (χ1) is 18.3. The molecule has 5 heterocycles. The van der Waals surface area contributed by atoms with Gasteiger partial charge in [0.05, 0.1) is 11.7 Å². The Morgan fingerprint density at radius 3 is 2.74 bits per heavy atom. The Morgan fingerprint density at radius 1 is 1.37 bits per heavy atom. The minimum atomic E-state index is -1.47. The molecule has 2 aliphatic heterocycles. The maximum absolute atomic E-state index is 13.0. The molecule has 196 valence electrons. The van der Waals surface area contributed by atoms with E-state index in [1.165, 1.54) is 24.3 Å². The predicted octanol–water partition coefficient (Wildman–Crippen LogP) is -1.17. The summed E-state index contributed by atoms with van der Waals surface area (Å²) in [4.78, 5) is 52.1. The Labute approximate surface area is 223 Å². The largest absolute Gasteiger partial charge is 0.543 e. The van der Waals surface area contributed by atoms with Gasteiger partial charge in [-0.05, 0) is 0 Å². The van der Waals surface area contributed by atoms with Crippen molar-refractivity contribution >= 4 is 51.7 Å². The number of carboxylic acids is 1. The van der Waals surface area contributed by atoms with Crippen LogP contribution in [-0.4, -0.2) is 67.8 Å².